The van der Waals surface area contributed by atoms with E-state index in [9.17, 15) is 4.79 Å². The van der Waals surface area contributed by atoms with Crippen molar-refractivity contribution >= 4 is 5.91 Å². The van der Waals surface area contributed by atoms with E-state index in [1.807, 2.05) is 0 Å². The first-order valence-corrected chi connectivity index (χ1v) is 7.10. The maximum atomic E-state index is 10.6. The fourth-order valence-corrected chi connectivity index (χ4v) is 1.40. The molecule has 0 aromatic heterocycles. The summed E-state index contributed by atoms with van der Waals surface area (Å²) in [5.41, 5.74) is 0. The van der Waals surface area contributed by atoms with Gasteiger partial charge in [0.05, 0.1) is 0 Å². The molecule has 0 saturated carbocycles. The van der Waals surface area contributed by atoms with Crippen molar-refractivity contribution in [3.63, 3.8) is 0 Å². The molecule has 0 aromatic rings. The highest BCUT2D eigenvalue weighted by molar-refractivity contribution is 5.75. The maximum Gasteiger partial charge on any atom is 0.219 e. The first kappa shape index (κ1) is 18.8. The Morgan fingerprint density at radius 3 is 2.06 bits per heavy atom. The van der Waals surface area contributed by atoms with E-state index in [4.69, 9.17) is 5.11 Å². The van der Waals surface area contributed by atoms with Crippen molar-refractivity contribution < 1.29 is 9.90 Å². The number of hydrogen-bond donors (Lipinski definition) is 2. The highest BCUT2D eigenvalue weighted by atomic mass is 16.2. The van der Waals surface area contributed by atoms with E-state index in [2.05, 4.69) is 19.2 Å². The van der Waals surface area contributed by atoms with Crippen LogP contribution < -0.4 is 5.32 Å². The van der Waals surface area contributed by atoms with Crippen molar-refractivity contribution in [2.45, 2.75) is 72.1 Å². The SMILES string of the molecule is CCCCCC.CCO.O=C1CCCCCN1. The van der Waals surface area contributed by atoms with Crippen molar-refractivity contribution in [2.24, 2.45) is 0 Å². The third-order valence-electron chi connectivity index (χ3n) is 2.36. The summed E-state index contributed by atoms with van der Waals surface area (Å²) in [5, 5.41) is 10.4. The van der Waals surface area contributed by atoms with E-state index in [-0.39, 0.29) is 12.5 Å². The predicted octanol–water partition coefficient (Wildman–Crippen LogP) is 3.26. The van der Waals surface area contributed by atoms with Crippen LogP contribution >= 0.6 is 0 Å². The van der Waals surface area contributed by atoms with Gasteiger partial charge in [0.15, 0.2) is 0 Å². The van der Waals surface area contributed by atoms with Gasteiger partial charge in [0.2, 0.25) is 5.91 Å². The van der Waals surface area contributed by atoms with Gasteiger partial charge in [0.1, 0.15) is 0 Å². The van der Waals surface area contributed by atoms with Gasteiger partial charge in [-0.05, 0) is 19.8 Å². The Bertz CT molecular complexity index is 135. The van der Waals surface area contributed by atoms with Crippen molar-refractivity contribution in [1.29, 1.82) is 0 Å². The lowest BCUT2D eigenvalue weighted by Crippen LogP contribution is -2.21. The molecule has 1 fully saturated rings. The summed E-state index contributed by atoms with van der Waals surface area (Å²) in [4.78, 5) is 10.6. The molecule has 0 aromatic carbocycles. The second-order valence-electron chi connectivity index (χ2n) is 4.18. The molecule has 3 heteroatoms. The molecule has 3 nitrogen and oxygen atoms in total. The highest BCUT2D eigenvalue weighted by Crippen LogP contribution is 2.02. The van der Waals surface area contributed by atoms with Gasteiger partial charge in [-0.25, -0.2) is 0 Å². The lowest BCUT2D eigenvalue weighted by atomic mass is 10.2. The lowest BCUT2D eigenvalue weighted by Gasteiger charge is -1.93. The van der Waals surface area contributed by atoms with E-state index in [1.54, 1.807) is 6.92 Å². The van der Waals surface area contributed by atoms with Crippen LogP contribution in [0.1, 0.15) is 72.1 Å². The van der Waals surface area contributed by atoms with E-state index in [1.165, 1.54) is 32.1 Å². The Morgan fingerprint density at radius 1 is 1.06 bits per heavy atom. The van der Waals surface area contributed by atoms with Crippen LogP contribution in [0, 0.1) is 0 Å². The molecular weight excluding hydrogens is 214 g/mol. The molecule has 0 bridgehead atoms. The van der Waals surface area contributed by atoms with Crippen LogP contribution in [0.3, 0.4) is 0 Å². The predicted molar refractivity (Wildman–Crippen MR) is 74.1 cm³/mol. The number of carbonyl (C=O) groups is 1. The number of amides is 1. The highest BCUT2D eigenvalue weighted by Gasteiger charge is 2.03. The molecule has 2 N–H and O–H groups in total. The van der Waals surface area contributed by atoms with Gasteiger partial charge in [-0.1, -0.05) is 46.0 Å². The van der Waals surface area contributed by atoms with Gasteiger partial charge in [-0.3, -0.25) is 4.79 Å². The van der Waals surface area contributed by atoms with Crippen molar-refractivity contribution in [3.05, 3.63) is 0 Å². The number of unbranched alkanes of at least 4 members (excludes halogenated alkanes) is 3. The zero-order valence-corrected chi connectivity index (χ0v) is 11.9. The fraction of sp³-hybridized carbons (Fsp3) is 0.929. The topological polar surface area (TPSA) is 49.3 Å². The first-order valence-electron chi connectivity index (χ1n) is 7.10. The van der Waals surface area contributed by atoms with Crippen LogP contribution in [0.15, 0.2) is 0 Å². The summed E-state index contributed by atoms with van der Waals surface area (Å²) in [5.74, 6) is 0.225. The van der Waals surface area contributed by atoms with E-state index >= 15 is 0 Å². The molecule has 0 unspecified atom stereocenters. The molecule has 1 amide bonds. The summed E-state index contributed by atoms with van der Waals surface area (Å²) < 4.78 is 0. The summed E-state index contributed by atoms with van der Waals surface area (Å²) in [6.45, 7) is 7.28. The Morgan fingerprint density at radius 2 is 1.59 bits per heavy atom. The van der Waals surface area contributed by atoms with Gasteiger partial charge < -0.3 is 10.4 Å². The normalized spacial score (nSPS) is 14.5. The van der Waals surface area contributed by atoms with Crippen LogP contribution in [0.5, 0.6) is 0 Å². The van der Waals surface area contributed by atoms with Crippen LogP contribution in [-0.2, 0) is 4.79 Å². The number of aliphatic hydroxyl groups excluding tert-OH is 1. The molecular formula is C14H31NO2. The van der Waals surface area contributed by atoms with Crippen LogP contribution in [0.4, 0.5) is 0 Å². The average molecular weight is 245 g/mol. The number of aliphatic hydroxyl groups is 1. The Hall–Kier alpha value is -0.570. The van der Waals surface area contributed by atoms with Gasteiger partial charge in [-0.15, -0.1) is 0 Å². The number of rotatable bonds is 3. The first-order chi connectivity index (χ1) is 8.22. The van der Waals surface area contributed by atoms with Gasteiger partial charge in [0, 0.05) is 19.6 Å². The van der Waals surface area contributed by atoms with Gasteiger partial charge in [-0.2, -0.15) is 0 Å². The molecule has 17 heavy (non-hydrogen) atoms. The Kier molecular flexibility index (Phi) is 19.7. The number of hydrogen-bond acceptors (Lipinski definition) is 2. The molecule has 1 saturated heterocycles. The molecule has 0 radical (unpaired) electrons. The number of nitrogens with one attached hydrogen (secondary N) is 1. The second-order valence-corrected chi connectivity index (χ2v) is 4.18. The van der Waals surface area contributed by atoms with E-state index in [0.717, 1.165) is 25.8 Å². The molecule has 1 rings (SSSR count). The van der Waals surface area contributed by atoms with Gasteiger partial charge >= 0.3 is 0 Å². The van der Waals surface area contributed by atoms with Crippen molar-refractivity contribution in [1.82, 2.24) is 5.32 Å². The molecule has 104 valence electrons. The third-order valence-corrected chi connectivity index (χ3v) is 2.36. The number of carbonyl (C=O) groups excluding carboxylic acids is 1. The minimum atomic E-state index is 0.225. The summed E-state index contributed by atoms with van der Waals surface area (Å²) in [6, 6.07) is 0. The summed E-state index contributed by atoms with van der Waals surface area (Å²) in [7, 11) is 0. The molecule has 1 heterocycles. The molecule has 0 atom stereocenters. The Balaban J connectivity index is 0. The summed E-state index contributed by atoms with van der Waals surface area (Å²) >= 11 is 0. The standard InChI is InChI=1S/C6H11NO.C6H14.C2H6O/c8-6-4-2-1-3-5-7-6;1-3-5-6-4-2;1-2-3/h1-5H2,(H,7,8);3-6H2,1-2H3;3H,2H2,1H3. The van der Waals surface area contributed by atoms with E-state index < -0.39 is 0 Å². The quantitative estimate of drug-likeness (QED) is 0.750. The Labute approximate surface area is 107 Å². The maximum absolute atomic E-state index is 10.6. The van der Waals surface area contributed by atoms with Crippen molar-refractivity contribution in [2.75, 3.05) is 13.2 Å². The lowest BCUT2D eigenvalue weighted by molar-refractivity contribution is -0.120. The van der Waals surface area contributed by atoms with Crippen LogP contribution in [0.25, 0.3) is 0 Å². The third kappa shape index (κ3) is 21.3. The fourth-order valence-electron chi connectivity index (χ4n) is 1.40. The molecule has 0 spiro atoms. The molecule has 0 aliphatic carbocycles. The monoisotopic (exact) mass is 245 g/mol. The smallest absolute Gasteiger partial charge is 0.219 e. The zero-order chi connectivity index (χ0) is 13.4. The molecule has 1 aliphatic rings. The minimum Gasteiger partial charge on any atom is -0.397 e. The second kappa shape index (κ2) is 17.8. The minimum absolute atomic E-state index is 0.225. The average Bonchev–Trinajstić information content (AvgIpc) is 2.56. The van der Waals surface area contributed by atoms with Crippen molar-refractivity contribution in [3.8, 4) is 0 Å². The largest absolute Gasteiger partial charge is 0.397 e. The summed E-state index contributed by atoms with van der Waals surface area (Å²) in [6.07, 6.45) is 9.71. The van der Waals surface area contributed by atoms with Crippen LogP contribution in [-0.4, -0.2) is 24.2 Å². The van der Waals surface area contributed by atoms with Crippen LogP contribution in [0.2, 0.25) is 0 Å². The zero-order valence-electron chi connectivity index (χ0n) is 11.9. The van der Waals surface area contributed by atoms with E-state index in [0.29, 0.717) is 0 Å². The van der Waals surface area contributed by atoms with Gasteiger partial charge in [0.25, 0.3) is 0 Å². The molecule has 1 aliphatic heterocycles.